The van der Waals surface area contributed by atoms with Gasteiger partial charge in [-0.05, 0) is 80.9 Å². The van der Waals surface area contributed by atoms with Gasteiger partial charge in [0.05, 0.1) is 6.42 Å². The van der Waals surface area contributed by atoms with E-state index < -0.39 is 17.7 Å². The van der Waals surface area contributed by atoms with Gasteiger partial charge in [-0.3, -0.25) is 9.59 Å². The normalized spacial score (nSPS) is 12.6. The number of hydrogen-bond donors (Lipinski definition) is 1. The lowest BCUT2D eigenvalue weighted by atomic mass is 9.91. The number of amides is 2. The lowest BCUT2D eigenvalue weighted by molar-refractivity contribution is -0.158. The van der Waals surface area contributed by atoms with Crippen molar-refractivity contribution in [2.24, 2.45) is 0 Å². The molecule has 0 aromatic heterocycles. The van der Waals surface area contributed by atoms with Gasteiger partial charge in [-0.1, -0.05) is 103 Å². The predicted molar refractivity (Wildman–Crippen MR) is 189 cm³/mol. The van der Waals surface area contributed by atoms with Crippen molar-refractivity contribution < 1.29 is 23.9 Å². The molecule has 6 aromatic carbocycles. The van der Waals surface area contributed by atoms with Gasteiger partial charge in [0.15, 0.2) is 0 Å². The van der Waals surface area contributed by atoms with Crippen molar-refractivity contribution in [2.45, 2.75) is 38.7 Å². The van der Waals surface area contributed by atoms with E-state index in [0.717, 1.165) is 54.7 Å². The third-order valence-electron chi connectivity index (χ3n) is 9.05. The molecule has 6 aromatic rings. The molecule has 7 rings (SSSR count). The standard InChI is InChI=1S/C41H38N2O5/c1-41(2,3)48-37(45)24-43(22-21-42-40(46)47-25-35-33-13-6-4-11-31(33)32-12-5-7-14-34(32)35)36(44)23-29-18-17-28-16-15-26-9-8-10-27-19-20-30(29)39(28)38(26)27/h4-20,35H,21-25H2,1-3H3,(H,42,46). The average molecular weight is 639 g/mol. The van der Waals surface area contributed by atoms with E-state index >= 15 is 0 Å². The third-order valence-corrected chi connectivity index (χ3v) is 9.05. The number of ether oxygens (including phenoxy) is 2. The second kappa shape index (κ2) is 12.6. The van der Waals surface area contributed by atoms with Gasteiger partial charge < -0.3 is 19.7 Å². The van der Waals surface area contributed by atoms with Crippen molar-refractivity contribution in [1.29, 1.82) is 0 Å². The van der Waals surface area contributed by atoms with Crippen LogP contribution in [0.15, 0.2) is 103 Å². The molecule has 0 atom stereocenters. The minimum absolute atomic E-state index is 0.0568. The molecular weight excluding hydrogens is 600 g/mol. The molecule has 1 N–H and O–H groups in total. The number of hydrogen-bond acceptors (Lipinski definition) is 5. The molecule has 0 bridgehead atoms. The summed E-state index contributed by atoms with van der Waals surface area (Å²) in [7, 11) is 0. The Kier molecular flexibility index (Phi) is 8.21. The highest BCUT2D eigenvalue weighted by Crippen LogP contribution is 2.44. The van der Waals surface area contributed by atoms with E-state index in [1.54, 1.807) is 20.8 Å². The number of nitrogens with zero attached hydrogens (tertiary/aromatic N) is 1. The van der Waals surface area contributed by atoms with Gasteiger partial charge in [0.2, 0.25) is 5.91 Å². The number of esters is 1. The van der Waals surface area contributed by atoms with E-state index in [0.29, 0.717) is 0 Å². The van der Waals surface area contributed by atoms with Crippen LogP contribution in [0.5, 0.6) is 0 Å². The molecule has 1 aliphatic rings. The number of carbonyl (C=O) groups is 3. The molecule has 0 fully saturated rings. The fraction of sp³-hybridized carbons (Fsp3) is 0.244. The highest BCUT2D eigenvalue weighted by atomic mass is 16.6. The lowest BCUT2D eigenvalue weighted by Crippen LogP contribution is -2.43. The Labute approximate surface area is 279 Å². The summed E-state index contributed by atoms with van der Waals surface area (Å²) >= 11 is 0. The van der Waals surface area contributed by atoms with Crippen LogP contribution in [0.3, 0.4) is 0 Å². The van der Waals surface area contributed by atoms with Gasteiger partial charge in [0.1, 0.15) is 18.8 Å². The van der Waals surface area contributed by atoms with Gasteiger partial charge in [0.25, 0.3) is 0 Å². The monoisotopic (exact) mass is 638 g/mol. The molecule has 0 aliphatic heterocycles. The predicted octanol–water partition coefficient (Wildman–Crippen LogP) is 7.84. The molecule has 0 spiro atoms. The molecule has 242 valence electrons. The Hall–Kier alpha value is -5.43. The van der Waals surface area contributed by atoms with E-state index in [-0.39, 0.29) is 44.5 Å². The topological polar surface area (TPSA) is 84.9 Å². The molecule has 2 amide bonds. The van der Waals surface area contributed by atoms with Crippen LogP contribution in [0.25, 0.3) is 43.4 Å². The Bertz CT molecular complexity index is 2100. The Morgan fingerprint density at radius 1 is 0.729 bits per heavy atom. The maximum atomic E-state index is 13.9. The number of fused-ring (bicyclic) bond motifs is 3. The average Bonchev–Trinajstić information content (AvgIpc) is 3.39. The van der Waals surface area contributed by atoms with Crippen LogP contribution in [0, 0.1) is 0 Å². The van der Waals surface area contributed by atoms with Crippen LogP contribution in [0.4, 0.5) is 4.79 Å². The van der Waals surface area contributed by atoms with Crippen LogP contribution >= 0.6 is 0 Å². The Morgan fingerprint density at radius 2 is 1.33 bits per heavy atom. The largest absolute Gasteiger partial charge is 0.459 e. The van der Waals surface area contributed by atoms with Gasteiger partial charge in [-0.25, -0.2) is 4.79 Å². The van der Waals surface area contributed by atoms with Gasteiger partial charge in [-0.2, -0.15) is 0 Å². The number of rotatable bonds is 9. The lowest BCUT2D eigenvalue weighted by Gasteiger charge is -2.26. The Balaban J connectivity index is 1.04. The molecular formula is C41H38N2O5. The summed E-state index contributed by atoms with van der Waals surface area (Å²) in [6.07, 6.45) is -0.477. The molecule has 0 unspecified atom stereocenters. The SMILES string of the molecule is CC(C)(C)OC(=O)CN(CCNC(=O)OCC1c2ccccc2-c2ccccc21)C(=O)Cc1ccc2ccc3cccc4ccc1c2c34. The van der Waals surface area contributed by atoms with Crippen LogP contribution in [-0.4, -0.2) is 54.7 Å². The zero-order chi connectivity index (χ0) is 33.4. The van der Waals surface area contributed by atoms with Crippen molar-refractivity contribution in [3.8, 4) is 11.1 Å². The highest BCUT2D eigenvalue weighted by Gasteiger charge is 2.29. The third kappa shape index (κ3) is 6.16. The van der Waals surface area contributed by atoms with Crippen molar-refractivity contribution in [2.75, 3.05) is 26.2 Å². The van der Waals surface area contributed by atoms with Gasteiger partial charge in [0, 0.05) is 19.0 Å². The molecule has 0 saturated carbocycles. The maximum Gasteiger partial charge on any atom is 0.407 e. The smallest absolute Gasteiger partial charge is 0.407 e. The maximum absolute atomic E-state index is 13.9. The second-order valence-electron chi connectivity index (χ2n) is 13.4. The fourth-order valence-electron chi connectivity index (χ4n) is 6.99. The van der Waals surface area contributed by atoms with Crippen molar-refractivity contribution in [3.63, 3.8) is 0 Å². The summed E-state index contributed by atoms with van der Waals surface area (Å²) in [4.78, 5) is 41.1. The summed E-state index contributed by atoms with van der Waals surface area (Å²) in [5.41, 5.74) is 4.76. The van der Waals surface area contributed by atoms with E-state index in [1.807, 2.05) is 36.4 Å². The zero-order valence-electron chi connectivity index (χ0n) is 27.4. The number of benzene rings is 6. The first-order chi connectivity index (χ1) is 23.2. The number of alkyl carbamates (subject to hydrolysis) is 1. The molecule has 7 heteroatoms. The summed E-state index contributed by atoms with van der Waals surface area (Å²) in [5.74, 6) is -0.795. The van der Waals surface area contributed by atoms with Crippen LogP contribution in [-0.2, 0) is 25.5 Å². The van der Waals surface area contributed by atoms with Crippen LogP contribution in [0.2, 0.25) is 0 Å². The zero-order valence-corrected chi connectivity index (χ0v) is 27.4. The Morgan fingerprint density at radius 3 is 2.00 bits per heavy atom. The highest BCUT2D eigenvalue weighted by molar-refractivity contribution is 6.23. The van der Waals surface area contributed by atoms with E-state index in [4.69, 9.17) is 9.47 Å². The van der Waals surface area contributed by atoms with Crippen LogP contribution < -0.4 is 5.32 Å². The molecule has 1 aliphatic carbocycles. The summed E-state index contributed by atoms with van der Waals surface area (Å²) < 4.78 is 11.2. The number of nitrogens with one attached hydrogen (secondary N) is 1. The van der Waals surface area contributed by atoms with Crippen molar-refractivity contribution in [3.05, 3.63) is 120 Å². The van der Waals surface area contributed by atoms with Gasteiger partial charge >= 0.3 is 12.1 Å². The number of carbonyl (C=O) groups excluding carboxylic acids is 3. The second-order valence-corrected chi connectivity index (χ2v) is 13.4. The molecule has 0 heterocycles. The minimum Gasteiger partial charge on any atom is -0.459 e. The van der Waals surface area contributed by atoms with Crippen molar-refractivity contribution in [1.82, 2.24) is 10.2 Å². The molecule has 0 saturated heterocycles. The quantitative estimate of drug-likeness (QED) is 0.129. The van der Waals surface area contributed by atoms with Crippen LogP contribution in [0.1, 0.15) is 43.4 Å². The van der Waals surface area contributed by atoms with E-state index in [1.165, 1.54) is 10.3 Å². The molecule has 0 radical (unpaired) electrons. The first-order valence-corrected chi connectivity index (χ1v) is 16.4. The van der Waals surface area contributed by atoms with Crippen molar-refractivity contribution >= 4 is 50.3 Å². The summed E-state index contributed by atoms with van der Waals surface area (Å²) in [6.45, 7) is 5.57. The first kappa shape index (κ1) is 31.2. The minimum atomic E-state index is -0.697. The van der Waals surface area contributed by atoms with E-state index in [2.05, 4.69) is 72.0 Å². The van der Waals surface area contributed by atoms with Gasteiger partial charge in [-0.15, -0.1) is 0 Å². The first-order valence-electron chi connectivity index (χ1n) is 16.4. The molecule has 7 nitrogen and oxygen atoms in total. The van der Waals surface area contributed by atoms with E-state index in [9.17, 15) is 14.4 Å². The summed E-state index contributed by atoms with van der Waals surface area (Å²) in [5, 5.41) is 9.53. The molecule has 48 heavy (non-hydrogen) atoms. The summed E-state index contributed by atoms with van der Waals surface area (Å²) in [6, 6.07) is 35.0. The fourth-order valence-corrected chi connectivity index (χ4v) is 6.99.